The molecule has 5 aromatic rings. The van der Waals surface area contributed by atoms with Gasteiger partial charge in [0.25, 0.3) is 0 Å². The lowest BCUT2D eigenvalue weighted by atomic mass is 9.93. The average Bonchev–Trinajstić information content (AvgIpc) is 2.84. The van der Waals surface area contributed by atoms with E-state index >= 15 is 0 Å². The van der Waals surface area contributed by atoms with Crippen LogP contribution in [0.1, 0.15) is 22.3 Å². The van der Waals surface area contributed by atoms with Crippen LogP contribution in [-0.2, 0) is 6.42 Å². The van der Waals surface area contributed by atoms with Gasteiger partial charge in [0.05, 0.1) is 28.1 Å². The van der Waals surface area contributed by atoms with E-state index in [1.165, 1.54) is 11.1 Å². The molecule has 33 heavy (non-hydrogen) atoms. The normalized spacial score (nSPS) is 16.0. The van der Waals surface area contributed by atoms with Crippen LogP contribution in [-0.4, -0.2) is 21.7 Å². The third-order valence-electron chi connectivity index (χ3n) is 6.52. The van der Waals surface area contributed by atoms with Gasteiger partial charge in [0.15, 0.2) is 0 Å². The summed E-state index contributed by atoms with van der Waals surface area (Å²) in [5, 5.41) is 5.94. The number of rotatable bonds is 3. The molecule has 0 radical (unpaired) electrons. The zero-order valence-electron chi connectivity index (χ0n) is 17.9. The molecule has 2 aliphatic rings. The minimum Gasteiger partial charge on any atom is -0.376 e. The molecule has 0 fully saturated rings. The topological polar surface area (TPSA) is 50.2 Å². The molecule has 3 aromatic carbocycles. The summed E-state index contributed by atoms with van der Waals surface area (Å²) in [5.74, 6) is 0. The van der Waals surface area contributed by atoms with E-state index in [-0.39, 0.29) is 6.04 Å². The minimum absolute atomic E-state index is 0.246. The Balaban J connectivity index is 1.23. The number of pyridine rings is 2. The number of nitrogens with zero attached hydrogens (tertiary/aromatic N) is 3. The SMILES string of the molecule is C1=CC(Cc2ccccc2)Nc2c1ccc1cc(C3=Nc4c3ccc3cccnc43)cnc21. The van der Waals surface area contributed by atoms with Gasteiger partial charge in [-0.25, -0.2) is 4.99 Å². The van der Waals surface area contributed by atoms with Gasteiger partial charge < -0.3 is 5.32 Å². The zero-order valence-corrected chi connectivity index (χ0v) is 17.9. The van der Waals surface area contributed by atoms with Crippen LogP contribution >= 0.6 is 0 Å². The van der Waals surface area contributed by atoms with E-state index in [1.54, 1.807) is 0 Å². The van der Waals surface area contributed by atoms with Gasteiger partial charge >= 0.3 is 0 Å². The first-order chi connectivity index (χ1) is 16.3. The largest absolute Gasteiger partial charge is 0.376 e. The zero-order chi connectivity index (χ0) is 21.8. The van der Waals surface area contributed by atoms with E-state index < -0.39 is 0 Å². The monoisotopic (exact) mass is 424 g/mol. The number of anilines is 1. The number of aliphatic imine (C=N–C) groups is 1. The second-order valence-corrected chi connectivity index (χ2v) is 8.62. The Morgan fingerprint density at radius 1 is 0.818 bits per heavy atom. The van der Waals surface area contributed by atoms with Crippen molar-refractivity contribution in [2.24, 2.45) is 4.99 Å². The highest BCUT2D eigenvalue weighted by Crippen LogP contribution is 2.39. The summed E-state index contributed by atoms with van der Waals surface area (Å²) in [6.07, 6.45) is 9.16. The van der Waals surface area contributed by atoms with Crippen molar-refractivity contribution in [2.75, 3.05) is 5.32 Å². The summed E-state index contributed by atoms with van der Waals surface area (Å²) in [6.45, 7) is 0. The minimum atomic E-state index is 0.246. The van der Waals surface area contributed by atoms with Crippen molar-refractivity contribution in [3.63, 3.8) is 0 Å². The Labute approximate surface area is 191 Å². The molecule has 4 heteroatoms. The van der Waals surface area contributed by atoms with Gasteiger partial charge in [0, 0.05) is 40.3 Å². The van der Waals surface area contributed by atoms with Crippen LogP contribution < -0.4 is 5.32 Å². The van der Waals surface area contributed by atoms with Gasteiger partial charge in [-0.1, -0.05) is 66.7 Å². The first kappa shape index (κ1) is 18.3. The first-order valence-electron chi connectivity index (χ1n) is 11.2. The Hall–Kier alpha value is -4.31. The highest BCUT2D eigenvalue weighted by molar-refractivity contribution is 6.26. The highest BCUT2D eigenvalue weighted by Gasteiger charge is 2.24. The molecule has 0 bridgehead atoms. The maximum atomic E-state index is 4.88. The summed E-state index contributed by atoms with van der Waals surface area (Å²) in [6, 6.07) is 25.6. The fourth-order valence-corrected chi connectivity index (χ4v) is 4.85. The van der Waals surface area contributed by atoms with Crippen LogP contribution in [0.5, 0.6) is 0 Å². The van der Waals surface area contributed by atoms with Gasteiger partial charge in [-0.3, -0.25) is 9.97 Å². The summed E-state index contributed by atoms with van der Waals surface area (Å²) < 4.78 is 0. The summed E-state index contributed by atoms with van der Waals surface area (Å²) in [5.41, 5.74) is 9.71. The molecule has 7 rings (SSSR count). The van der Waals surface area contributed by atoms with E-state index in [0.717, 1.165) is 56.4 Å². The summed E-state index contributed by atoms with van der Waals surface area (Å²) in [7, 11) is 0. The van der Waals surface area contributed by atoms with Crippen LogP contribution in [0.3, 0.4) is 0 Å². The third kappa shape index (κ3) is 2.95. The van der Waals surface area contributed by atoms with E-state index in [1.807, 2.05) is 18.5 Å². The molecular weight excluding hydrogens is 404 g/mol. The number of fused-ring (bicyclic) bond motifs is 6. The predicted molar refractivity (Wildman–Crippen MR) is 135 cm³/mol. The maximum Gasteiger partial charge on any atom is 0.0994 e. The Morgan fingerprint density at radius 3 is 2.67 bits per heavy atom. The molecule has 0 saturated carbocycles. The number of hydrogen-bond acceptors (Lipinski definition) is 4. The molecule has 1 atom stereocenters. The summed E-state index contributed by atoms with van der Waals surface area (Å²) in [4.78, 5) is 14.2. The van der Waals surface area contributed by atoms with E-state index in [9.17, 15) is 0 Å². The molecule has 0 spiro atoms. The second kappa shape index (κ2) is 7.10. The fraction of sp³-hybridized carbons (Fsp3) is 0.0690. The van der Waals surface area contributed by atoms with Crippen LogP contribution in [0, 0.1) is 0 Å². The number of benzene rings is 3. The van der Waals surface area contributed by atoms with Crippen molar-refractivity contribution in [2.45, 2.75) is 12.5 Å². The van der Waals surface area contributed by atoms with E-state index in [4.69, 9.17) is 9.98 Å². The summed E-state index contributed by atoms with van der Waals surface area (Å²) >= 11 is 0. The van der Waals surface area contributed by atoms with Crippen molar-refractivity contribution >= 4 is 45.0 Å². The van der Waals surface area contributed by atoms with Crippen LogP contribution in [0.15, 0.2) is 96.3 Å². The molecule has 1 unspecified atom stereocenters. The average molecular weight is 425 g/mol. The van der Waals surface area contributed by atoms with E-state index in [0.29, 0.717) is 0 Å². The lowest BCUT2D eigenvalue weighted by Gasteiger charge is -2.24. The molecular formula is C29H20N4. The number of aromatic nitrogens is 2. The van der Waals surface area contributed by atoms with Gasteiger partial charge in [0.2, 0.25) is 0 Å². The fourth-order valence-electron chi connectivity index (χ4n) is 4.85. The van der Waals surface area contributed by atoms with Crippen molar-refractivity contribution in [1.82, 2.24) is 9.97 Å². The van der Waals surface area contributed by atoms with Crippen molar-refractivity contribution in [3.8, 4) is 0 Å². The molecule has 2 aromatic heterocycles. The Bertz CT molecular complexity index is 1620. The molecule has 1 N–H and O–H groups in total. The van der Waals surface area contributed by atoms with Gasteiger partial charge in [-0.2, -0.15) is 0 Å². The highest BCUT2D eigenvalue weighted by atomic mass is 14.9. The van der Waals surface area contributed by atoms with Gasteiger partial charge in [-0.05, 0) is 35.7 Å². The van der Waals surface area contributed by atoms with Gasteiger partial charge in [-0.15, -0.1) is 0 Å². The molecule has 0 aliphatic carbocycles. The maximum absolute atomic E-state index is 4.88. The quantitative estimate of drug-likeness (QED) is 0.362. The standard InChI is InChI=1S/C29H20N4/c1-2-5-18(6-3-1)15-23-12-10-20-8-9-21-16-22(17-31-27(21)28(20)32-23)25-24-13-11-19-7-4-14-30-26(19)29(24)33-25/h1-14,16-17,23,32H,15H2. The van der Waals surface area contributed by atoms with Crippen LogP contribution in [0.25, 0.3) is 27.9 Å². The lowest BCUT2D eigenvalue weighted by molar-refractivity contribution is 0.863. The molecule has 4 heterocycles. The predicted octanol–water partition coefficient (Wildman–Crippen LogP) is 6.32. The number of nitrogens with one attached hydrogen (secondary N) is 1. The smallest absolute Gasteiger partial charge is 0.0994 e. The van der Waals surface area contributed by atoms with Crippen molar-refractivity contribution in [3.05, 3.63) is 114 Å². The molecule has 2 aliphatic heterocycles. The van der Waals surface area contributed by atoms with Crippen LogP contribution in [0.2, 0.25) is 0 Å². The van der Waals surface area contributed by atoms with Crippen LogP contribution in [0.4, 0.5) is 11.4 Å². The van der Waals surface area contributed by atoms with Gasteiger partial charge in [0.1, 0.15) is 0 Å². The first-order valence-corrected chi connectivity index (χ1v) is 11.2. The second-order valence-electron chi connectivity index (χ2n) is 8.62. The van der Waals surface area contributed by atoms with Crippen molar-refractivity contribution < 1.29 is 0 Å². The Morgan fingerprint density at radius 2 is 1.73 bits per heavy atom. The lowest BCUT2D eigenvalue weighted by Crippen LogP contribution is -2.23. The van der Waals surface area contributed by atoms with E-state index in [2.05, 4.69) is 89.2 Å². The number of hydrogen-bond donors (Lipinski definition) is 1. The third-order valence-corrected chi connectivity index (χ3v) is 6.52. The molecule has 156 valence electrons. The van der Waals surface area contributed by atoms with Crippen molar-refractivity contribution in [1.29, 1.82) is 0 Å². The molecule has 0 saturated heterocycles. The Kier molecular flexibility index (Phi) is 3.94. The molecule has 0 amide bonds. The molecule has 4 nitrogen and oxygen atoms in total.